The number of benzene rings is 1. The molecule has 2 N–H and O–H groups in total. The van der Waals surface area contributed by atoms with Gasteiger partial charge in [-0.2, -0.15) is 0 Å². The van der Waals surface area contributed by atoms with Gasteiger partial charge in [-0.25, -0.2) is 4.68 Å². The lowest BCUT2D eigenvalue weighted by Crippen LogP contribution is -2.29. The van der Waals surface area contributed by atoms with E-state index < -0.39 is 0 Å². The largest absolute Gasteiger partial charge is 0.374 e. The first-order valence-electron chi connectivity index (χ1n) is 10.4. The predicted octanol–water partition coefficient (Wildman–Crippen LogP) is 3.30. The minimum atomic E-state index is -0.231. The third kappa shape index (κ3) is 4.97. The van der Waals surface area contributed by atoms with E-state index in [1.54, 1.807) is 6.20 Å². The summed E-state index contributed by atoms with van der Waals surface area (Å²) in [6.07, 6.45) is 10.3. The Morgan fingerprint density at radius 3 is 2.82 bits per heavy atom. The molecule has 0 bridgehead atoms. The average Bonchev–Trinajstić information content (AvgIpc) is 3.25. The van der Waals surface area contributed by atoms with Gasteiger partial charge in [0.1, 0.15) is 0 Å². The van der Waals surface area contributed by atoms with Crippen LogP contribution in [0.15, 0.2) is 30.5 Å². The second-order valence-corrected chi connectivity index (χ2v) is 7.79. The summed E-state index contributed by atoms with van der Waals surface area (Å²) in [4.78, 5) is 12.6. The van der Waals surface area contributed by atoms with Crippen molar-refractivity contribution in [2.24, 2.45) is 0 Å². The van der Waals surface area contributed by atoms with Crippen LogP contribution in [0.1, 0.15) is 67.0 Å². The maximum absolute atomic E-state index is 12.6. The molecule has 2 fully saturated rings. The molecule has 2 aromatic rings. The lowest BCUT2D eigenvalue weighted by molar-refractivity contribution is 0.0169. The van der Waals surface area contributed by atoms with Crippen molar-refractivity contribution in [2.45, 2.75) is 63.7 Å². The van der Waals surface area contributed by atoms with E-state index in [-0.39, 0.29) is 5.91 Å². The van der Waals surface area contributed by atoms with Crippen molar-refractivity contribution in [1.29, 1.82) is 0 Å². The van der Waals surface area contributed by atoms with E-state index in [4.69, 9.17) is 4.74 Å². The molecule has 4 rings (SSSR count). The van der Waals surface area contributed by atoms with Gasteiger partial charge in [-0.1, -0.05) is 36.6 Å². The molecule has 0 atom stereocenters. The summed E-state index contributed by atoms with van der Waals surface area (Å²) < 4.78 is 7.86. The van der Waals surface area contributed by atoms with Crippen LogP contribution < -0.4 is 10.6 Å². The summed E-state index contributed by atoms with van der Waals surface area (Å²) in [6, 6.07) is 8.15. The molecule has 7 nitrogen and oxygen atoms in total. The molecule has 1 aliphatic heterocycles. The monoisotopic (exact) mass is 383 g/mol. The van der Waals surface area contributed by atoms with E-state index in [0.717, 1.165) is 50.0 Å². The van der Waals surface area contributed by atoms with Crippen LogP contribution in [-0.2, 0) is 11.3 Å². The SMILES string of the molecule is O=C(Nc1cccc(COC2CCCCC2)c1)c1cn(C2CCNCC2)nn1. The molecule has 150 valence electrons. The van der Waals surface area contributed by atoms with Gasteiger partial charge in [0.2, 0.25) is 0 Å². The number of ether oxygens (including phenoxy) is 1. The van der Waals surface area contributed by atoms with Crippen molar-refractivity contribution in [1.82, 2.24) is 20.3 Å². The van der Waals surface area contributed by atoms with Crippen LogP contribution in [0.2, 0.25) is 0 Å². The van der Waals surface area contributed by atoms with Gasteiger partial charge in [0.25, 0.3) is 5.91 Å². The number of anilines is 1. The Bertz CT molecular complexity index is 779. The van der Waals surface area contributed by atoms with Crippen molar-refractivity contribution in [3.05, 3.63) is 41.7 Å². The Balaban J connectivity index is 1.33. The molecule has 2 aliphatic rings. The van der Waals surface area contributed by atoms with E-state index in [0.29, 0.717) is 24.4 Å². The first-order chi connectivity index (χ1) is 13.8. The van der Waals surface area contributed by atoms with Crippen molar-refractivity contribution < 1.29 is 9.53 Å². The molecule has 0 unspecified atom stereocenters. The van der Waals surface area contributed by atoms with Crippen molar-refractivity contribution >= 4 is 11.6 Å². The lowest BCUT2D eigenvalue weighted by Gasteiger charge is -2.22. The van der Waals surface area contributed by atoms with Gasteiger partial charge in [-0.15, -0.1) is 5.10 Å². The molecule has 1 amide bonds. The number of hydrogen-bond acceptors (Lipinski definition) is 5. The number of carbonyl (C=O) groups excluding carboxylic acids is 1. The zero-order chi connectivity index (χ0) is 19.2. The molecule has 1 saturated heterocycles. The minimum absolute atomic E-state index is 0.231. The Hall–Kier alpha value is -2.25. The second kappa shape index (κ2) is 9.30. The summed E-state index contributed by atoms with van der Waals surface area (Å²) >= 11 is 0. The molecule has 28 heavy (non-hydrogen) atoms. The van der Waals surface area contributed by atoms with E-state index in [1.165, 1.54) is 19.3 Å². The van der Waals surface area contributed by atoms with Crippen molar-refractivity contribution in [3.8, 4) is 0 Å². The predicted molar refractivity (Wildman–Crippen MR) is 107 cm³/mol. The molecule has 1 saturated carbocycles. The Labute approximate surface area is 165 Å². The van der Waals surface area contributed by atoms with E-state index in [2.05, 4.69) is 20.9 Å². The van der Waals surface area contributed by atoms with E-state index in [1.807, 2.05) is 28.9 Å². The number of nitrogens with one attached hydrogen (secondary N) is 2. The van der Waals surface area contributed by atoms with Crippen LogP contribution in [-0.4, -0.2) is 40.1 Å². The zero-order valence-electron chi connectivity index (χ0n) is 16.3. The molecular weight excluding hydrogens is 354 g/mol. The van der Waals surface area contributed by atoms with E-state index >= 15 is 0 Å². The van der Waals surface area contributed by atoms with Gasteiger partial charge in [0.05, 0.1) is 24.9 Å². The van der Waals surface area contributed by atoms with Crippen LogP contribution in [0.4, 0.5) is 5.69 Å². The molecule has 0 spiro atoms. The normalized spacial score (nSPS) is 18.9. The van der Waals surface area contributed by atoms with Crippen LogP contribution in [0.5, 0.6) is 0 Å². The Morgan fingerprint density at radius 1 is 1.18 bits per heavy atom. The Kier molecular flexibility index (Phi) is 6.34. The topological polar surface area (TPSA) is 81.1 Å². The fourth-order valence-corrected chi connectivity index (χ4v) is 4.01. The summed E-state index contributed by atoms with van der Waals surface area (Å²) in [5.74, 6) is -0.231. The van der Waals surface area contributed by atoms with Crippen molar-refractivity contribution in [3.63, 3.8) is 0 Å². The quantitative estimate of drug-likeness (QED) is 0.800. The standard InChI is InChI=1S/C21H29N5O2/c27-21(20-14-26(25-24-20)18-9-11-22-12-10-18)23-17-6-4-5-16(13-17)15-28-19-7-2-1-3-8-19/h4-6,13-14,18-19,22H,1-3,7-12,15H2,(H,23,27). The lowest BCUT2D eigenvalue weighted by atomic mass is 9.98. The number of amides is 1. The number of carbonyl (C=O) groups is 1. The molecule has 2 heterocycles. The number of nitrogens with zero attached hydrogens (tertiary/aromatic N) is 3. The minimum Gasteiger partial charge on any atom is -0.374 e. The highest BCUT2D eigenvalue weighted by atomic mass is 16.5. The Morgan fingerprint density at radius 2 is 2.00 bits per heavy atom. The van der Waals surface area contributed by atoms with Crippen LogP contribution >= 0.6 is 0 Å². The third-order valence-corrected chi connectivity index (χ3v) is 5.65. The fourth-order valence-electron chi connectivity index (χ4n) is 4.01. The number of piperidine rings is 1. The fraction of sp³-hybridized carbons (Fsp3) is 0.571. The number of rotatable bonds is 6. The number of aromatic nitrogens is 3. The summed E-state index contributed by atoms with van der Waals surface area (Å²) in [5, 5.41) is 14.5. The van der Waals surface area contributed by atoms with Crippen LogP contribution in [0.25, 0.3) is 0 Å². The molecule has 7 heteroatoms. The maximum Gasteiger partial charge on any atom is 0.277 e. The highest BCUT2D eigenvalue weighted by Crippen LogP contribution is 2.22. The maximum atomic E-state index is 12.6. The molecule has 1 aromatic heterocycles. The molecule has 1 aromatic carbocycles. The first-order valence-corrected chi connectivity index (χ1v) is 10.4. The highest BCUT2D eigenvalue weighted by Gasteiger charge is 2.19. The summed E-state index contributed by atoms with van der Waals surface area (Å²) in [6.45, 7) is 2.53. The first kappa shape index (κ1) is 19.1. The molecule has 1 aliphatic carbocycles. The van der Waals surface area contributed by atoms with Gasteiger partial charge in [-0.05, 0) is 56.5 Å². The molecule has 0 radical (unpaired) electrons. The van der Waals surface area contributed by atoms with Crippen LogP contribution in [0, 0.1) is 0 Å². The third-order valence-electron chi connectivity index (χ3n) is 5.65. The van der Waals surface area contributed by atoms with Gasteiger partial charge < -0.3 is 15.4 Å². The highest BCUT2D eigenvalue weighted by molar-refractivity contribution is 6.02. The van der Waals surface area contributed by atoms with Crippen LogP contribution in [0.3, 0.4) is 0 Å². The number of hydrogen-bond donors (Lipinski definition) is 2. The van der Waals surface area contributed by atoms with Gasteiger partial charge >= 0.3 is 0 Å². The average molecular weight is 383 g/mol. The summed E-state index contributed by atoms with van der Waals surface area (Å²) in [5.41, 5.74) is 2.18. The second-order valence-electron chi connectivity index (χ2n) is 7.79. The van der Waals surface area contributed by atoms with E-state index in [9.17, 15) is 4.79 Å². The van der Waals surface area contributed by atoms with Crippen molar-refractivity contribution in [2.75, 3.05) is 18.4 Å². The van der Waals surface area contributed by atoms with Gasteiger partial charge in [-0.3, -0.25) is 4.79 Å². The smallest absolute Gasteiger partial charge is 0.277 e. The molecular formula is C21H29N5O2. The van der Waals surface area contributed by atoms with Gasteiger partial charge in [0.15, 0.2) is 5.69 Å². The summed E-state index contributed by atoms with van der Waals surface area (Å²) in [7, 11) is 0. The van der Waals surface area contributed by atoms with Gasteiger partial charge in [0, 0.05) is 5.69 Å². The zero-order valence-corrected chi connectivity index (χ0v) is 16.3.